The maximum atomic E-state index is 13.3. The van der Waals surface area contributed by atoms with Crippen LogP contribution in [0.25, 0.3) is 22.6 Å². The fourth-order valence-electron chi connectivity index (χ4n) is 4.13. The van der Waals surface area contributed by atoms with Crippen molar-refractivity contribution in [3.05, 3.63) is 18.7 Å². The molecule has 0 unspecified atom stereocenters. The minimum absolute atomic E-state index is 0.111. The number of imidazole rings is 1. The Morgan fingerprint density at radius 1 is 1.03 bits per heavy atom. The van der Waals surface area contributed by atoms with Crippen LogP contribution >= 0.6 is 0 Å². The quantitative estimate of drug-likeness (QED) is 0.449. The Kier molecular flexibility index (Phi) is 6.31. The van der Waals surface area contributed by atoms with Gasteiger partial charge in [-0.25, -0.2) is 33.3 Å². The Balaban J connectivity index is 1.46. The van der Waals surface area contributed by atoms with Gasteiger partial charge in [0.15, 0.2) is 22.8 Å². The largest absolute Gasteiger partial charge is 0.378 e. The SMILES string of the molecule is CS(=O)(=O)N1CCN(CC(=O)n2cnc3c(N4CCOCC4)nc(-c4cnc(N)nc4)nc32)CC1. The molecular formula is C20H26N10O4S. The number of sulfonamides is 1. The lowest BCUT2D eigenvalue weighted by Gasteiger charge is -2.32. The molecule has 2 aliphatic rings. The van der Waals surface area contributed by atoms with Crippen LogP contribution in [-0.4, -0.2) is 118 Å². The van der Waals surface area contributed by atoms with E-state index in [4.69, 9.17) is 15.5 Å². The van der Waals surface area contributed by atoms with E-state index in [1.807, 2.05) is 4.90 Å². The molecule has 0 bridgehead atoms. The summed E-state index contributed by atoms with van der Waals surface area (Å²) in [6.07, 6.45) is 5.73. The highest BCUT2D eigenvalue weighted by Crippen LogP contribution is 2.27. The van der Waals surface area contributed by atoms with E-state index in [2.05, 4.69) is 24.8 Å². The van der Waals surface area contributed by atoms with Gasteiger partial charge in [-0.15, -0.1) is 0 Å². The zero-order chi connectivity index (χ0) is 24.6. The van der Waals surface area contributed by atoms with Crippen molar-refractivity contribution in [1.82, 2.24) is 38.7 Å². The van der Waals surface area contributed by atoms with Crippen molar-refractivity contribution >= 4 is 38.9 Å². The van der Waals surface area contributed by atoms with Gasteiger partial charge >= 0.3 is 0 Å². The lowest BCUT2D eigenvalue weighted by Crippen LogP contribution is -2.49. The van der Waals surface area contributed by atoms with E-state index in [9.17, 15) is 13.2 Å². The van der Waals surface area contributed by atoms with E-state index in [0.717, 1.165) is 0 Å². The van der Waals surface area contributed by atoms with Crippen LogP contribution in [0.4, 0.5) is 11.8 Å². The van der Waals surface area contributed by atoms with Gasteiger partial charge in [0.1, 0.15) is 6.33 Å². The molecule has 2 aliphatic heterocycles. The van der Waals surface area contributed by atoms with Gasteiger partial charge in [-0.3, -0.25) is 14.3 Å². The molecule has 0 amide bonds. The summed E-state index contributed by atoms with van der Waals surface area (Å²) in [6.45, 7) is 4.13. The fourth-order valence-corrected chi connectivity index (χ4v) is 4.96. The summed E-state index contributed by atoms with van der Waals surface area (Å²) in [6, 6.07) is 0. The average Bonchev–Trinajstić information content (AvgIpc) is 3.28. The minimum atomic E-state index is -3.24. The number of fused-ring (bicyclic) bond motifs is 1. The third-order valence-corrected chi connectivity index (χ3v) is 7.35. The Morgan fingerprint density at radius 2 is 1.71 bits per heavy atom. The van der Waals surface area contributed by atoms with Crippen molar-refractivity contribution in [2.45, 2.75) is 0 Å². The maximum Gasteiger partial charge on any atom is 0.247 e. The van der Waals surface area contributed by atoms with Gasteiger partial charge in [0.2, 0.25) is 21.9 Å². The fraction of sp³-hybridized carbons (Fsp3) is 0.500. The third-order valence-electron chi connectivity index (χ3n) is 6.05. The van der Waals surface area contributed by atoms with Crippen molar-refractivity contribution in [2.24, 2.45) is 0 Å². The van der Waals surface area contributed by atoms with Gasteiger partial charge in [-0.05, 0) is 0 Å². The van der Waals surface area contributed by atoms with Gasteiger partial charge in [0.25, 0.3) is 0 Å². The Labute approximate surface area is 201 Å². The second-order valence-corrected chi connectivity index (χ2v) is 10.4. The monoisotopic (exact) mass is 502 g/mol. The van der Waals surface area contributed by atoms with Crippen LogP contribution in [-0.2, 0) is 14.8 Å². The van der Waals surface area contributed by atoms with Gasteiger partial charge in [0.05, 0.1) is 31.6 Å². The van der Waals surface area contributed by atoms with Crippen LogP contribution in [0.5, 0.6) is 0 Å². The molecule has 0 radical (unpaired) electrons. The van der Waals surface area contributed by atoms with Gasteiger partial charge in [0, 0.05) is 51.7 Å². The van der Waals surface area contributed by atoms with Crippen LogP contribution in [0.15, 0.2) is 18.7 Å². The zero-order valence-electron chi connectivity index (χ0n) is 19.2. The summed E-state index contributed by atoms with van der Waals surface area (Å²) in [5.74, 6) is 0.889. The van der Waals surface area contributed by atoms with Crippen molar-refractivity contribution in [1.29, 1.82) is 0 Å². The predicted octanol–water partition coefficient (Wildman–Crippen LogP) is -1.08. The molecule has 3 aromatic rings. The molecule has 0 aromatic carbocycles. The summed E-state index contributed by atoms with van der Waals surface area (Å²) in [7, 11) is -3.24. The van der Waals surface area contributed by atoms with Crippen LogP contribution in [0.1, 0.15) is 4.79 Å². The number of piperazine rings is 1. The average molecular weight is 503 g/mol. The summed E-state index contributed by atoms with van der Waals surface area (Å²) in [4.78, 5) is 39.1. The molecule has 2 N–H and O–H groups in total. The molecule has 2 saturated heterocycles. The van der Waals surface area contributed by atoms with Crippen LogP contribution in [0, 0.1) is 0 Å². The molecule has 5 rings (SSSR count). The summed E-state index contributed by atoms with van der Waals surface area (Å²) >= 11 is 0. The molecule has 0 saturated carbocycles. The van der Waals surface area contributed by atoms with Gasteiger partial charge < -0.3 is 15.4 Å². The molecule has 0 aliphatic carbocycles. The smallest absolute Gasteiger partial charge is 0.247 e. The number of aromatic nitrogens is 6. The van der Waals surface area contributed by atoms with Crippen molar-refractivity contribution < 1.29 is 17.9 Å². The summed E-state index contributed by atoms with van der Waals surface area (Å²) in [5.41, 5.74) is 7.09. The molecule has 2 fully saturated rings. The van der Waals surface area contributed by atoms with Crippen LogP contribution in [0.3, 0.4) is 0 Å². The van der Waals surface area contributed by atoms with Crippen molar-refractivity contribution in [2.75, 3.05) is 75.9 Å². The molecule has 15 heteroatoms. The minimum Gasteiger partial charge on any atom is -0.378 e. The molecular weight excluding hydrogens is 476 g/mol. The second-order valence-electron chi connectivity index (χ2n) is 8.42. The number of anilines is 2. The number of rotatable bonds is 5. The second kappa shape index (κ2) is 9.41. The first-order chi connectivity index (χ1) is 16.8. The molecule has 14 nitrogen and oxygen atoms in total. The topological polar surface area (TPSA) is 166 Å². The van der Waals surface area contributed by atoms with E-state index in [1.165, 1.54) is 33.8 Å². The number of ether oxygens (including phenoxy) is 1. The molecule has 0 atom stereocenters. The molecule has 186 valence electrons. The first-order valence-corrected chi connectivity index (χ1v) is 13.0. The van der Waals surface area contributed by atoms with E-state index >= 15 is 0 Å². The number of hydrogen-bond donors (Lipinski definition) is 1. The lowest BCUT2D eigenvalue weighted by molar-refractivity contribution is 0.0824. The highest BCUT2D eigenvalue weighted by atomic mass is 32.2. The Hall–Kier alpha value is -3.27. The van der Waals surface area contributed by atoms with Gasteiger partial charge in [-0.2, -0.15) is 4.31 Å². The standard InChI is InChI=1S/C20H26N10O4S/c1-35(32,33)29-4-2-27(3-5-29)12-15(31)30-13-24-16-18(28-6-8-34-9-7-28)25-17(26-19(16)30)14-10-22-20(21)23-11-14/h10-11,13H,2-9,12H2,1H3,(H2,21,22,23). The van der Waals surface area contributed by atoms with E-state index in [1.54, 1.807) is 0 Å². The Morgan fingerprint density at radius 3 is 2.37 bits per heavy atom. The number of nitrogens with zero attached hydrogens (tertiary/aromatic N) is 9. The molecule has 35 heavy (non-hydrogen) atoms. The molecule has 3 aromatic heterocycles. The Bertz CT molecular complexity index is 1330. The zero-order valence-corrected chi connectivity index (χ0v) is 20.1. The number of hydrogen-bond acceptors (Lipinski definition) is 12. The summed E-state index contributed by atoms with van der Waals surface area (Å²) in [5, 5.41) is 0. The first-order valence-electron chi connectivity index (χ1n) is 11.2. The lowest BCUT2D eigenvalue weighted by atomic mass is 10.3. The number of carbonyl (C=O) groups is 1. The number of morpholine rings is 1. The normalized spacial score (nSPS) is 18.3. The van der Waals surface area contributed by atoms with E-state index < -0.39 is 10.0 Å². The first kappa shape index (κ1) is 23.5. The van der Waals surface area contributed by atoms with Crippen molar-refractivity contribution in [3.63, 3.8) is 0 Å². The predicted molar refractivity (Wildman–Crippen MR) is 127 cm³/mol. The number of carbonyl (C=O) groups excluding carboxylic acids is 1. The molecule has 0 spiro atoms. The summed E-state index contributed by atoms with van der Waals surface area (Å²) < 4.78 is 31.8. The third kappa shape index (κ3) is 4.93. The van der Waals surface area contributed by atoms with Crippen LogP contribution < -0.4 is 10.6 Å². The highest BCUT2D eigenvalue weighted by molar-refractivity contribution is 7.88. The van der Waals surface area contributed by atoms with E-state index in [-0.39, 0.29) is 18.4 Å². The number of nitrogen functional groups attached to an aromatic ring is 1. The van der Waals surface area contributed by atoms with Crippen LogP contribution in [0.2, 0.25) is 0 Å². The number of nitrogens with two attached hydrogens (primary N) is 1. The van der Waals surface area contributed by atoms with E-state index in [0.29, 0.717) is 80.9 Å². The highest BCUT2D eigenvalue weighted by Gasteiger charge is 2.27. The maximum absolute atomic E-state index is 13.3. The molecule has 5 heterocycles. The van der Waals surface area contributed by atoms with Crippen molar-refractivity contribution in [3.8, 4) is 11.4 Å². The van der Waals surface area contributed by atoms with Gasteiger partial charge in [-0.1, -0.05) is 0 Å².